The quantitative estimate of drug-likeness (QED) is 0.166. The Labute approximate surface area is 184 Å². The summed E-state index contributed by atoms with van der Waals surface area (Å²) in [5, 5.41) is 0. The lowest BCUT2D eigenvalue weighted by molar-refractivity contribution is -0.890. The lowest BCUT2D eigenvalue weighted by atomic mass is 10.1. The van der Waals surface area contributed by atoms with E-state index in [2.05, 4.69) is 21.0 Å². The van der Waals surface area contributed by atoms with Crippen molar-refractivity contribution in [2.24, 2.45) is 0 Å². The minimum absolute atomic E-state index is 0. The summed E-state index contributed by atoms with van der Waals surface area (Å²) in [5.74, 6) is 0. The van der Waals surface area contributed by atoms with Gasteiger partial charge in [0.1, 0.15) is 0 Å². The van der Waals surface area contributed by atoms with E-state index in [0.29, 0.717) is 19.8 Å². The zero-order chi connectivity index (χ0) is 20.4. The van der Waals surface area contributed by atoms with Gasteiger partial charge in [0.25, 0.3) is 0 Å². The first-order valence-corrected chi connectivity index (χ1v) is 13.6. The van der Waals surface area contributed by atoms with Crippen molar-refractivity contribution in [3.05, 3.63) is 0 Å². The van der Waals surface area contributed by atoms with Crippen LogP contribution in [0.5, 0.6) is 0 Å². The molecular weight excluding hydrogens is 390 g/mol. The van der Waals surface area contributed by atoms with Crippen LogP contribution in [0.2, 0.25) is 6.04 Å². The Morgan fingerprint density at radius 1 is 0.571 bits per heavy atom. The lowest BCUT2D eigenvalue weighted by Gasteiger charge is -2.32. The van der Waals surface area contributed by atoms with Crippen LogP contribution in [-0.2, 0) is 13.3 Å². The molecule has 0 atom stereocenters. The molecule has 0 saturated carbocycles. The second-order valence-electron chi connectivity index (χ2n) is 8.30. The zero-order valence-corrected chi connectivity index (χ0v) is 21.6. The Kier molecular flexibility index (Phi) is 21.1. The van der Waals surface area contributed by atoms with Crippen LogP contribution in [0.3, 0.4) is 0 Å². The Bertz CT molecular complexity index is 316. The molecule has 0 aromatic heterocycles. The van der Waals surface area contributed by atoms with E-state index in [9.17, 15) is 0 Å². The van der Waals surface area contributed by atoms with E-state index in [-0.39, 0.29) is 12.4 Å². The molecule has 0 radical (unpaired) electrons. The van der Waals surface area contributed by atoms with Crippen LogP contribution in [-0.4, -0.2) is 60.3 Å². The molecule has 0 saturated heterocycles. The third-order valence-corrected chi connectivity index (χ3v) is 8.36. The van der Waals surface area contributed by atoms with Crippen LogP contribution in [0.1, 0.15) is 91.9 Å². The maximum Gasteiger partial charge on any atom is 0.501 e. The highest BCUT2D eigenvalue weighted by atomic mass is 35.5. The van der Waals surface area contributed by atoms with Gasteiger partial charge in [0.2, 0.25) is 0 Å². The Morgan fingerprint density at radius 3 is 1.39 bits per heavy atom. The van der Waals surface area contributed by atoms with Gasteiger partial charge >= 0.3 is 8.80 Å². The van der Waals surface area contributed by atoms with E-state index in [0.717, 1.165) is 16.9 Å². The fraction of sp³-hybridized carbons (Fsp3) is 1.00. The van der Waals surface area contributed by atoms with Crippen LogP contribution in [0, 0.1) is 0 Å². The van der Waals surface area contributed by atoms with Crippen LogP contribution >= 0.6 is 0 Å². The first kappa shape index (κ1) is 30.5. The standard InChI is InChI=1S/C22H50NO3Si.ClH/c1-7-11-12-13-14-15-16-17-18-20-23(5,6)21-19-22-27(24-8-2,25-9-3)26-10-4;/h7-22H2,1-6H3;1H/q+1;/p-1. The molecule has 0 amide bonds. The summed E-state index contributed by atoms with van der Waals surface area (Å²) in [7, 11) is 2.25. The van der Waals surface area contributed by atoms with Crippen molar-refractivity contribution < 1.29 is 30.2 Å². The molecule has 0 N–H and O–H groups in total. The second kappa shape index (κ2) is 19.3. The summed E-state index contributed by atoms with van der Waals surface area (Å²) in [6.07, 6.45) is 13.7. The second-order valence-corrected chi connectivity index (χ2v) is 11.0. The number of hydrogen-bond acceptors (Lipinski definition) is 3. The SMILES string of the molecule is CCCCCCCCCCC[N+](C)(C)CCC[Si](OCC)(OCC)OCC.[Cl-]. The van der Waals surface area contributed by atoms with Crippen molar-refractivity contribution in [2.45, 2.75) is 97.9 Å². The normalized spacial score (nSPS) is 12.2. The molecular formula is C22H50ClNO3Si. The lowest BCUT2D eigenvalue weighted by Crippen LogP contribution is -3.00. The van der Waals surface area contributed by atoms with E-state index >= 15 is 0 Å². The van der Waals surface area contributed by atoms with Gasteiger partial charge in [-0.25, -0.2) is 0 Å². The number of unbranched alkanes of at least 4 members (excludes halogenated alkanes) is 8. The molecule has 0 fully saturated rings. The average Bonchev–Trinajstić information content (AvgIpc) is 2.61. The number of quaternary nitrogens is 1. The van der Waals surface area contributed by atoms with E-state index in [1.54, 1.807) is 0 Å². The van der Waals surface area contributed by atoms with E-state index in [1.807, 2.05) is 20.8 Å². The van der Waals surface area contributed by atoms with Crippen LogP contribution in [0.15, 0.2) is 0 Å². The van der Waals surface area contributed by atoms with Gasteiger partial charge in [-0.15, -0.1) is 0 Å². The van der Waals surface area contributed by atoms with Gasteiger partial charge in [0.15, 0.2) is 0 Å². The molecule has 6 heteroatoms. The Morgan fingerprint density at radius 2 is 0.964 bits per heavy atom. The molecule has 0 unspecified atom stereocenters. The van der Waals surface area contributed by atoms with Crippen LogP contribution < -0.4 is 12.4 Å². The fourth-order valence-corrected chi connectivity index (χ4v) is 6.28. The topological polar surface area (TPSA) is 27.7 Å². The molecule has 4 nitrogen and oxygen atoms in total. The predicted molar refractivity (Wildman–Crippen MR) is 119 cm³/mol. The first-order valence-electron chi connectivity index (χ1n) is 11.7. The summed E-state index contributed by atoms with van der Waals surface area (Å²) in [6, 6.07) is 0.932. The van der Waals surface area contributed by atoms with Gasteiger partial charge < -0.3 is 30.2 Å². The van der Waals surface area contributed by atoms with Gasteiger partial charge in [-0.2, -0.15) is 0 Å². The van der Waals surface area contributed by atoms with Gasteiger partial charge in [0.05, 0.1) is 27.2 Å². The zero-order valence-electron chi connectivity index (χ0n) is 19.9. The molecule has 0 spiro atoms. The van der Waals surface area contributed by atoms with Crippen LogP contribution in [0.4, 0.5) is 0 Å². The Hall–Kier alpha value is 0.347. The molecule has 0 heterocycles. The largest absolute Gasteiger partial charge is 1.00 e. The molecule has 0 aromatic rings. The summed E-state index contributed by atoms with van der Waals surface area (Å²) >= 11 is 0. The van der Waals surface area contributed by atoms with Gasteiger partial charge in [-0.1, -0.05) is 51.9 Å². The van der Waals surface area contributed by atoms with Crippen molar-refractivity contribution in [1.82, 2.24) is 0 Å². The first-order chi connectivity index (χ1) is 12.9. The smallest absolute Gasteiger partial charge is 0.501 e. The van der Waals surface area contributed by atoms with Crippen molar-refractivity contribution in [1.29, 1.82) is 0 Å². The monoisotopic (exact) mass is 439 g/mol. The predicted octanol–water partition coefficient (Wildman–Crippen LogP) is 3.04. The van der Waals surface area contributed by atoms with Gasteiger partial charge in [-0.05, 0) is 33.6 Å². The van der Waals surface area contributed by atoms with E-state index < -0.39 is 8.80 Å². The van der Waals surface area contributed by atoms with Crippen molar-refractivity contribution in [3.8, 4) is 0 Å². The van der Waals surface area contributed by atoms with E-state index in [1.165, 1.54) is 70.9 Å². The fourth-order valence-electron chi connectivity index (χ4n) is 3.69. The maximum atomic E-state index is 5.97. The molecule has 0 bridgehead atoms. The van der Waals surface area contributed by atoms with Crippen LogP contribution in [0.25, 0.3) is 0 Å². The molecule has 0 rings (SSSR count). The highest BCUT2D eigenvalue weighted by molar-refractivity contribution is 6.60. The third-order valence-electron chi connectivity index (χ3n) is 5.21. The minimum atomic E-state index is -2.47. The number of hydrogen-bond donors (Lipinski definition) is 0. The van der Waals surface area contributed by atoms with Gasteiger partial charge in [0, 0.05) is 32.3 Å². The average molecular weight is 440 g/mol. The molecule has 172 valence electrons. The number of nitrogens with zero attached hydrogens (tertiary/aromatic N) is 1. The molecule has 0 aliphatic heterocycles. The molecule has 0 aromatic carbocycles. The molecule has 0 aliphatic carbocycles. The highest BCUT2D eigenvalue weighted by Crippen LogP contribution is 2.20. The maximum absolute atomic E-state index is 5.97. The minimum Gasteiger partial charge on any atom is -1.00 e. The molecule has 28 heavy (non-hydrogen) atoms. The van der Waals surface area contributed by atoms with Crippen molar-refractivity contribution >= 4 is 8.80 Å². The molecule has 0 aliphatic rings. The summed E-state index contributed by atoms with van der Waals surface area (Å²) in [4.78, 5) is 0. The summed E-state index contributed by atoms with van der Waals surface area (Å²) in [5.41, 5.74) is 0. The number of rotatable bonds is 20. The van der Waals surface area contributed by atoms with E-state index in [4.69, 9.17) is 13.3 Å². The van der Waals surface area contributed by atoms with Crippen molar-refractivity contribution in [3.63, 3.8) is 0 Å². The van der Waals surface area contributed by atoms with Gasteiger partial charge in [-0.3, -0.25) is 0 Å². The number of halogens is 1. The van der Waals surface area contributed by atoms with Crippen molar-refractivity contribution in [2.75, 3.05) is 47.0 Å². The third kappa shape index (κ3) is 16.2. The summed E-state index contributed by atoms with van der Waals surface area (Å²) < 4.78 is 19.0. The highest BCUT2D eigenvalue weighted by Gasteiger charge is 2.40. The summed E-state index contributed by atoms with van der Waals surface area (Å²) in [6.45, 7) is 12.8. The Balaban J connectivity index is 0.